The molecule has 1 aromatic heterocycles. The molecule has 1 saturated carbocycles. The minimum Gasteiger partial charge on any atom is -0.337 e. The molecule has 3 rings (SSSR count). The van der Waals surface area contributed by atoms with Gasteiger partial charge in [0.1, 0.15) is 6.33 Å². The molecule has 2 fully saturated rings. The van der Waals surface area contributed by atoms with E-state index in [1.807, 2.05) is 11.0 Å². The normalized spacial score (nSPS) is 23.2. The Morgan fingerprint density at radius 2 is 2.30 bits per heavy atom. The van der Waals surface area contributed by atoms with Crippen molar-refractivity contribution in [3.05, 3.63) is 24.3 Å². The minimum atomic E-state index is 0.103. The molecule has 1 aliphatic carbocycles. The average Bonchev–Trinajstić information content (AvgIpc) is 2.58. The summed E-state index contributed by atoms with van der Waals surface area (Å²) in [4.78, 5) is 22.9. The number of rotatable bonds is 5. The first kappa shape index (κ1) is 16.2. The van der Waals surface area contributed by atoms with Crippen LogP contribution in [0.2, 0.25) is 0 Å². The maximum absolute atomic E-state index is 12.5. The van der Waals surface area contributed by atoms with Crippen LogP contribution in [0.25, 0.3) is 0 Å². The van der Waals surface area contributed by atoms with E-state index in [0.717, 1.165) is 38.2 Å². The molecule has 2 aliphatic rings. The molecule has 0 unspecified atom stereocenters. The van der Waals surface area contributed by atoms with Crippen molar-refractivity contribution in [1.29, 1.82) is 0 Å². The molecule has 1 N–H and O–H groups in total. The second kappa shape index (κ2) is 7.28. The lowest BCUT2D eigenvalue weighted by molar-refractivity contribution is 0.111. The number of hydrogen-bond donors (Lipinski definition) is 1. The molecule has 0 radical (unpaired) electrons. The van der Waals surface area contributed by atoms with Crippen molar-refractivity contribution in [2.45, 2.75) is 57.8 Å². The smallest absolute Gasteiger partial charge is 0.317 e. The predicted octanol–water partition coefficient (Wildman–Crippen LogP) is 3.34. The van der Waals surface area contributed by atoms with E-state index in [-0.39, 0.29) is 6.03 Å². The Labute approximate surface area is 138 Å². The van der Waals surface area contributed by atoms with Crippen molar-refractivity contribution in [3.8, 4) is 0 Å². The summed E-state index contributed by atoms with van der Waals surface area (Å²) in [7, 11) is 0. The van der Waals surface area contributed by atoms with Crippen LogP contribution in [0, 0.1) is 5.41 Å². The van der Waals surface area contributed by atoms with Crippen LogP contribution >= 0.6 is 0 Å². The first-order valence-corrected chi connectivity index (χ1v) is 9.01. The first-order chi connectivity index (χ1) is 11.2. The van der Waals surface area contributed by atoms with Crippen molar-refractivity contribution in [1.82, 2.24) is 20.2 Å². The zero-order chi connectivity index (χ0) is 16.1. The first-order valence-electron chi connectivity index (χ1n) is 9.01. The molecular weight excluding hydrogens is 288 g/mol. The van der Waals surface area contributed by atoms with E-state index in [4.69, 9.17) is 0 Å². The van der Waals surface area contributed by atoms with Crippen LogP contribution in [-0.2, 0) is 0 Å². The molecular formula is C18H28N4O. The molecule has 0 aromatic carbocycles. The third kappa shape index (κ3) is 3.82. The summed E-state index contributed by atoms with van der Waals surface area (Å²) in [5.74, 6) is 0.339. The summed E-state index contributed by atoms with van der Waals surface area (Å²) in [6, 6.07) is 2.07. The van der Waals surface area contributed by atoms with Gasteiger partial charge in [-0.3, -0.25) is 0 Å². The van der Waals surface area contributed by atoms with Crippen LogP contribution in [0.15, 0.2) is 18.6 Å². The molecule has 0 bridgehead atoms. The van der Waals surface area contributed by atoms with Crippen molar-refractivity contribution in [2.24, 2.45) is 5.41 Å². The third-order valence-electron chi connectivity index (χ3n) is 5.54. The summed E-state index contributed by atoms with van der Waals surface area (Å²) >= 11 is 0. The molecule has 5 heteroatoms. The van der Waals surface area contributed by atoms with Crippen molar-refractivity contribution >= 4 is 6.03 Å². The van der Waals surface area contributed by atoms with E-state index >= 15 is 0 Å². The van der Waals surface area contributed by atoms with Gasteiger partial charge in [0.2, 0.25) is 0 Å². The summed E-state index contributed by atoms with van der Waals surface area (Å²) in [5, 5.41) is 3.21. The van der Waals surface area contributed by atoms with E-state index in [1.54, 1.807) is 12.5 Å². The lowest BCUT2D eigenvalue weighted by Gasteiger charge is -2.43. The largest absolute Gasteiger partial charge is 0.337 e. The van der Waals surface area contributed by atoms with Gasteiger partial charge in [-0.25, -0.2) is 14.8 Å². The Morgan fingerprint density at radius 1 is 1.43 bits per heavy atom. The average molecular weight is 316 g/mol. The SMILES string of the molecule is CCCC1(CNC(=O)N2CCC[C@H](c3ccncn3)C2)CCC1. The number of nitrogens with zero attached hydrogens (tertiary/aromatic N) is 3. The highest BCUT2D eigenvalue weighted by atomic mass is 16.2. The van der Waals surface area contributed by atoms with Gasteiger partial charge in [-0.2, -0.15) is 0 Å². The minimum absolute atomic E-state index is 0.103. The highest BCUT2D eigenvalue weighted by Gasteiger charge is 2.36. The number of piperidine rings is 1. The van der Waals surface area contributed by atoms with Gasteiger partial charge >= 0.3 is 6.03 Å². The molecule has 1 saturated heterocycles. The maximum atomic E-state index is 12.5. The van der Waals surface area contributed by atoms with Gasteiger partial charge in [0.05, 0.1) is 0 Å². The molecule has 2 heterocycles. The Kier molecular flexibility index (Phi) is 5.13. The molecule has 23 heavy (non-hydrogen) atoms. The number of carbonyl (C=O) groups excluding carboxylic acids is 1. The van der Waals surface area contributed by atoms with Crippen molar-refractivity contribution < 1.29 is 4.79 Å². The third-order valence-corrected chi connectivity index (χ3v) is 5.54. The molecule has 5 nitrogen and oxygen atoms in total. The lowest BCUT2D eigenvalue weighted by atomic mass is 9.66. The van der Waals surface area contributed by atoms with Gasteiger partial charge in [0.25, 0.3) is 0 Å². The van der Waals surface area contributed by atoms with Crippen molar-refractivity contribution in [3.63, 3.8) is 0 Å². The van der Waals surface area contributed by atoms with Crippen LogP contribution in [-0.4, -0.2) is 40.5 Å². The van der Waals surface area contributed by atoms with E-state index in [2.05, 4.69) is 22.2 Å². The van der Waals surface area contributed by atoms with E-state index in [1.165, 1.54) is 32.1 Å². The predicted molar refractivity (Wildman–Crippen MR) is 90.2 cm³/mol. The van der Waals surface area contributed by atoms with Crippen LogP contribution in [0.3, 0.4) is 0 Å². The van der Waals surface area contributed by atoms with Gasteiger partial charge in [0, 0.05) is 37.4 Å². The molecule has 1 aromatic rings. The fourth-order valence-electron chi connectivity index (χ4n) is 4.04. The maximum Gasteiger partial charge on any atom is 0.317 e. The number of likely N-dealkylation sites (tertiary alicyclic amines) is 1. The fourth-order valence-corrected chi connectivity index (χ4v) is 4.04. The highest BCUT2D eigenvalue weighted by molar-refractivity contribution is 5.74. The van der Waals surface area contributed by atoms with Gasteiger partial charge < -0.3 is 10.2 Å². The Hall–Kier alpha value is -1.65. The van der Waals surface area contributed by atoms with E-state index in [0.29, 0.717) is 11.3 Å². The highest BCUT2D eigenvalue weighted by Crippen LogP contribution is 2.44. The number of hydrogen-bond acceptors (Lipinski definition) is 3. The summed E-state index contributed by atoms with van der Waals surface area (Å²) in [5.41, 5.74) is 1.44. The summed E-state index contributed by atoms with van der Waals surface area (Å²) < 4.78 is 0. The Morgan fingerprint density at radius 3 is 2.96 bits per heavy atom. The van der Waals surface area contributed by atoms with Crippen LogP contribution in [0.1, 0.15) is 63.5 Å². The van der Waals surface area contributed by atoms with Crippen molar-refractivity contribution in [2.75, 3.05) is 19.6 Å². The number of carbonyl (C=O) groups is 1. The monoisotopic (exact) mass is 316 g/mol. The Bertz CT molecular complexity index is 515. The molecule has 126 valence electrons. The van der Waals surface area contributed by atoms with Crippen LogP contribution < -0.4 is 5.32 Å². The summed E-state index contributed by atoms with van der Waals surface area (Å²) in [6.07, 6.45) is 11.8. The quantitative estimate of drug-likeness (QED) is 0.906. The fraction of sp³-hybridized carbons (Fsp3) is 0.722. The van der Waals surface area contributed by atoms with E-state index in [9.17, 15) is 4.79 Å². The van der Waals surface area contributed by atoms with Crippen LogP contribution in [0.5, 0.6) is 0 Å². The van der Waals surface area contributed by atoms with E-state index < -0.39 is 0 Å². The van der Waals surface area contributed by atoms with Gasteiger partial charge in [-0.15, -0.1) is 0 Å². The second-order valence-corrected chi connectivity index (χ2v) is 7.18. The summed E-state index contributed by atoms with van der Waals surface area (Å²) in [6.45, 7) is 4.70. The molecule has 2 amide bonds. The number of amides is 2. The topological polar surface area (TPSA) is 58.1 Å². The molecule has 0 spiro atoms. The Balaban J connectivity index is 1.53. The zero-order valence-corrected chi connectivity index (χ0v) is 14.1. The standard InChI is InChI=1S/C18H28N4O/c1-2-7-18(8-4-9-18)13-20-17(23)22-11-3-5-15(12-22)16-6-10-19-14-21-16/h6,10,14-15H,2-5,7-9,11-13H2,1H3,(H,20,23)/t15-/m0/s1. The molecule has 1 atom stereocenters. The van der Waals surface area contributed by atoms with Gasteiger partial charge in [-0.05, 0) is 43.6 Å². The number of nitrogens with one attached hydrogen (secondary N) is 1. The molecule has 1 aliphatic heterocycles. The number of urea groups is 1. The van der Waals surface area contributed by atoms with Gasteiger partial charge in [-0.1, -0.05) is 19.8 Å². The van der Waals surface area contributed by atoms with Crippen LogP contribution in [0.4, 0.5) is 4.79 Å². The lowest BCUT2D eigenvalue weighted by Crippen LogP contribution is -2.49. The number of aromatic nitrogens is 2. The van der Waals surface area contributed by atoms with Gasteiger partial charge in [0.15, 0.2) is 0 Å². The zero-order valence-electron chi connectivity index (χ0n) is 14.1. The second-order valence-electron chi connectivity index (χ2n) is 7.18.